The topological polar surface area (TPSA) is 108 Å². The average Bonchev–Trinajstić information content (AvgIpc) is 2.95. The predicted molar refractivity (Wildman–Crippen MR) is 157 cm³/mol. The number of aromatic nitrogens is 2. The van der Waals surface area contributed by atoms with Crippen LogP contribution in [0, 0.1) is 0 Å². The highest BCUT2D eigenvalue weighted by Gasteiger charge is 2.25. The van der Waals surface area contributed by atoms with Gasteiger partial charge in [-0.05, 0) is 72.7 Å². The number of carbonyl (C=O) groups excluding carboxylic acids is 2. The number of alkyl halides is 3. The Morgan fingerprint density at radius 2 is 1.71 bits per heavy atom. The fraction of sp³-hybridized carbons (Fsp3) is 0.143. The van der Waals surface area contributed by atoms with E-state index in [4.69, 9.17) is 16.4 Å². The number of halogens is 4. The molecule has 3 aromatic carbocycles. The van der Waals surface area contributed by atoms with Crippen molar-refractivity contribution in [3.05, 3.63) is 89.1 Å². The molecule has 0 fully saturated rings. The molecule has 2 heterocycles. The van der Waals surface area contributed by atoms with Crippen molar-refractivity contribution in [2.75, 3.05) is 27.5 Å². The molecule has 0 unspecified atom stereocenters. The number of nitrogens with zero attached hydrogens (tertiary/aromatic N) is 2. The van der Waals surface area contributed by atoms with E-state index in [0.717, 1.165) is 51.6 Å². The third kappa shape index (κ3) is 8.60. The van der Waals surface area contributed by atoms with E-state index in [9.17, 15) is 18.0 Å². The molecule has 0 saturated carbocycles. The minimum Gasteiger partial charge on any atom is -0.339 e. The first-order chi connectivity index (χ1) is 19.6. The highest BCUT2D eigenvalue weighted by atomic mass is 35.5. The molecule has 2 amide bonds. The van der Waals surface area contributed by atoms with E-state index >= 15 is 0 Å². The summed E-state index contributed by atoms with van der Waals surface area (Å²) in [5.74, 6) is 0.951. The Morgan fingerprint density at radius 1 is 0.976 bits per heavy atom. The Kier molecular flexibility index (Phi) is 9.69. The number of nitrogens with one attached hydrogen (secondary N) is 4. The highest BCUT2D eigenvalue weighted by Crippen LogP contribution is 2.30. The Bertz CT molecular complexity index is 1550. The molecule has 4 aromatic rings. The molecule has 4 N–H and O–H groups in total. The van der Waals surface area contributed by atoms with Crippen LogP contribution in [0.5, 0.6) is 0 Å². The molecule has 8 nitrogen and oxygen atoms in total. The highest BCUT2D eigenvalue weighted by molar-refractivity contribution is 7.98. The first-order valence-corrected chi connectivity index (χ1v) is 13.8. The van der Waals surface area contributed by atoms with Gasteiger partial charge in [-0.25, -0.2) is 9.78 Å². The summed E-state index contributed by atoms with van der Waals surface area (Å²) < 4.78 is 31.2. The number of para-hydroxylation sites is 1. The summed E-state index contributed by atoms with van der Waals surface area (Å²) in [6, 6.07) is 21.4. The zero-order valence-electron chi connectivity index (χ0n) is 21.6. The molecule has 5 rings (SSSR count). The van der Waals surface area contributed by atoms with Gasteiger partial charge >= 0.3 is 12.2 Å². The molecule has 0 atom stereocenters. The van der Waals surface area contributed by atoms with E-state index in [2.05, 4.69) is 43.4 Å². The van der Waals surface area contributed by atoms with E-state index in [1.807, 2.05) is 60.9 Å². The summed E-state index contributed by atoms with van der Waals surface area (Å²) in [4.78, 5) is 31.4. The summed E-state index contributed by atoms with van der Waals surface area (Å²) in [6.45, 7) is 0. The zero-order chi connectivity index (χ0) is 29.4. The normalized spacial score (nSPS) is 12.0. The van der Waals surface area contributed by atoms with E-state index in [-0.39, 0.29) is 6.03 Å². The molecule has 13 heteroatoms. The lowest BCUT2D eigenvalue weighted by molar-refractivity contribution is -0.156. The van der Waals surface area contributed by atoms with Crippen LogP contribution in [0.2, 0.25) is 5.02 Å². The first kappa shape index (κ1) is 29.7. The summed E-state index contributed by atoms with van der Waals surface area (Å²) in [6.07, 6.45) is -0.628. The number of hydrogen-bond acceptors (Lipinski definition) is 7. The van der Waals surface area contributed by atoms with Gasteiger partial charge in [0, 0.05) is 22.0 Å². The van der Waals surface area contributed by atoms with Gasteiger partial charge in [-0.3, -0.25) is 4.79 Å². The lowest BCUT2D eigenvalue weighted by Gasteiger charge is -2.16. The minimum atomic E-state index is -4.64. The van der Waals surface area contributed by atoms with E-state index in [0.29, 0.717) is 16.8 Å². The number of anilines is 6. The summed E-state index contributed by atoms with van der Waals surface area (Å²) >= 11 is 7.94. The molecule has 0 saturated heterocycles. The van der Waals surface area contributed by atoms with Crippen molar-refractivity contribution in [2.24, 2.45) is 0 Å². The number of aldehydes is 1. The zero-order valence-corrected chi connectivity index (χ0v) is 23.1. The van der Waals surface area contributed by atoms with Gasteiger partial charge in [0.2, 0.25) is 12.2 Å². The van der Waals surface area contributed by atoms with E-state index < -0.39 is 12.5 Å². The maximum absolute atomic E-state index is 12.9. The van der Waals surface area contributed by atoms with Crippen LogP contribution in [0.25, 0.3) is 0 Å². The Labute approximate surface area is 243 Å². The maximum Gasteiger partial charge on any atom is 0.446 e. The van der Waals surface area contributed by atoms with Gasteiger partial charge in [-0.2, -0.15) is 18.2 Å². The molecule has 212 valence electrons. The van der Waals surface area contributed by atoms with Gasteiger partial charge in [0.25, 0.3) is 0 Å². The predicted octanol–water partition coefficient (Wildman–Crippen LogP) is 7.83. The van der Waals surface area contributed by atoms with Crippen molar-refractivity contribution in [1.82, 2.24) is 9.97 Å². The Balaban J connectivity index is 0.000000585. The molecular formula is C28H24ClF3N6O2S. The van der Waals surface area contributed by atoms with Gasteiger partial charge in [-0.15, -0.1) is 11.8 Å². The fourth-order valence-corrected chi connectivity index (χ4v) is 4.58. The Hall–Kier alpha value is -4.29. The van der Waals surface area contributed by atoms with Crippen LogP contribution in [0.4, 0.5) is 52.5 Å². The number of amides is 2. The average molecular weight is 601 g/mol. The number of carbonyl (C=O) groups is 2. The number of rotatable bonds is 3. The van der Waals surface area contributed by atoms with Crippen LogP contribution >= 0.6 is 23.4 Å². The molecule has 41 heavy (non-hydrogen) atoms. The lowest BCUT2D eigenvalue weighted by Crippen LogP contribution is -2.20. The van der Waals surface area contributed by atoms with Crippen LogP contribution < -0.4 is 21.3 Å². The molecule has 6 bridgehead atoms. The second kappa shape index (κ2) is 13.4. The second-order valence-corrected chi connectivity index (χ2v) is 9.91. The second-order valence-electron chi connectivity index (χ2n) is 8.65. The molecular weight excluding hydrogens is 577 g/mol. The lowest BCUT2D eigenvalue weighted by atomic mass is 10.0. The van der Waals surface area contributed by atoms with E-state index in [1.54, 1.807) is 18.0 Å². The number of aryl methyl sites for hydroxylation is 2. The largest absolute Gasteiger partial charge is 0.446 e. The fourth-order valence-electron chi connectivity index (χ4n) is 3.89. The summed E-state index contributed by atoms with van der Waals surface area (Å²) in [5, 5.41) is 12.9. The van der Waals surface area contributed by atoms with Gasteiger partial charge in [0.05, 0.1) is 11.9 Å². The van der Waals surface area contributed by atoms with Crippen LogP contribution in [0.3, 0.4) is 0 Å². The van der Waals surface area contributed by atoms with Crippen LogP contribution in [-0.4, -0.2) is 34.7 Å². The van der Waals surface area contributed by atoms with Gasteiger partial charge in [0.1, 0.15) is 5.02 Å². The monoisotopic (exact) mass is 600 g/mol. The molecule has 0 spiro atoms. The maximum atomic E-state index is 12.9. The molecule has 1 aliphatic heterocycles. The van der Waals surface area contributed by atoms with Crippen LogP contribution in [-0.2, 0) is 17.6 Å². The van der Waals surface area contributed by atoms with Crippen molar-refractivity contribution >= 4 is 70.2 Å². The molecule has 0 radical (unpaired) electrons. The van der Waals surface area contributed by atoms with Crippen molar-refractivity contribution in [2.45, 2.75) is 23.9 Å². The van der Waals surface area contributed by atoms with Crippen molar-refractivity contribution in [3.8, 4) is 0 Å². The number of fused-ring (bicyclic) bond motifs is 6. The minimum absolute atomic E-state index is 0.291. The van der Waals surface area contributed by atoms with Crippen molar-refractivity contribution < 1.29 is 22.8 Å². The first-order valence-electron chi connectivity index (χ1n) is 12.2. The van der Waals surface area contributed by atoms with E-state index in [1.165, 1.54) is 0 Å². The quantitative estimate of drug-likeness (QED) is 0.140. The number of benzene rings is 3. The van der Waals surface area contributed by atoms with Gasteiger partial charge < -0.3 is 21.3 Å². The summed E-state index contributed by atoms with van der Waals surface area (Å²) in [7, 11) is 0. The SMILES string of the molecule is CSc1ccccc1NC(=O)Nc1ccc2cc1CCc1cccc(c1)Nc1ncc(Cl)c(n1)N2.O=CC(F)(F)F. The molecule has 1 aromatic heterocycles. The Morgan fingerprint density at radius 3 is 2.46 bits per heavy atom. The molecule has 1 aliphatic rings. The summed E-state index contributed by atoms with van der Waals surface area (Å²) in [5.41, 5.74) is 5.38. The van der Waals surface area contributed by atoms with Crippen LogP contribution in [0.1, 0.15) is 11.1 Å². The molecule has 0 aliphatic carbocycles. The van der Waals surface area contributed by atoms with Crippen molar-refractivity contribution in [3.63, 3.8) is 0 Å². The number of thioether (sulfide) groups is 1. The van der Waals surface area contributed by atoms with Gasteiger partial charge in [-0.1, -0.05) is 35.9 Å². The number of urea groups is 1. The number of hydrogen-bond donors (Lipinski definition) is 4. The third-order valence-electron chi connectivity index (χ3n) is 5.72. The van der Waals surface area contributed by atoms with Gasteiger partial charge in [0.15, 0.2) is 5.82 Å². The smallest absolute Gasteiger partial charge is 0.339 e. The standard InChI is InChI=1S/C26H23ClN6OS.C2HF3O/c1-35-23-8-3-2-7-22(23)32-26(34)31-21-12-11-19-14-17(21)10-9-16-5-4-6-18(13-16)30-25-28-15-20(27)24(29-19)33-25;3-2(4,5)1-6/h2-8,11-15H,9-10H2,1H3,(H2,31,32,34)(H2,28,29,30,33);1H. The van der Waals surface area contributed by atoms with Crippen molar-refractivity contribution in [1.29, 1.82) is 0 Å². The van der Waals surface area contributed by atoms with Crippen LogP contribution in [0.15, 0.2) is 77.8 Å². The third-order valence-corrected chi connectivity index (χ3v) is 6.79.